The molecule has 116 valence electrons. The van der Waals surface area contributed by atoms with Gasteiger partial charge in [-0.05, 0) is 31.4 Å². The summed E-state index contributed by atoms with van der Waals surface area (Å²) in [6.45, 7) is 1.92. The van der Waals surface area contributed by atoms with Crippen molar-refractivity contribution in [1.82, 2.24) is 15.5 Å². The third-order valence-corrected chi connectivity index (χ3v) is 4.28. The number of hydrazone groups is 1. The molecule has 1 aromatic rings. The molecule has 0 spiro atoms. The number of amidine groups is 1. The number of pyridine rings is 1. The average Bonchev–Trinajstić information content (AvgIpc) is 2.47. The third kappa shape index (κ3) is 2.51. The van der Waals surface area contributed by atoms with E-state index in [9.17, 15) is 0 Å². The maximum absolute atomic E-state index is 6.53. The van der Waals surface area contributed by atoms with Gasteiger partial charge in [0.15, 0.2) is 5.66 Å². The molecule has 1 aliphatic heterocycles. The van der Waals surface area contributed by atoms with Crippen LogP contribution in [0.3, 0.4) is 0 Å². The van der Waals surface area contributed by atoms with Gasteiger partial charge in [0.1, 0.15) is 5.84 Å². The summed E-state index contributed by atoms with van der Waals surface area (Å²) in [6.07, 6.45) is 7.96. The molecule has 0 radical (unpaired) electrons. The van der Waals surface area contributed by atoms with E-state index in [0.717, 1.165) is 22.0 Å². The van der Waals surface area contributed by atoms with Crippen LogP contribution in [0, 0.1) is 6.92 Å². The van der Waals surface area contributed by atoms with Gasteiger partial charge in [0.25, 0.3) is 0 Å². The van der Waals surface area contributed by atoms with Gasteiger partial charge in [-0.25, -0.2) is 0 Å². The number of nitrogen functional groups attached to an aromatic ring is 1. The molecule has 2 heterocycles. The lowest BCUT2D eigenvalue weighted by Crippen LogP contribution is -2.60. The van der Waals surface area contributed by atoms with Crippen molar-refractivity contribution in [3.05, 3.63) is 40.2 Å². The summed E-state index contributed by atoms with van der Waals surface area (Å²) in [4.78, 5) is 4.49. The van der Waals surface area contributed by atoms with Gasteiger partial charge in [0, 0.05) is 29.4 Å². The molecule has 0 saturated carbocycles. The summed E-state index contributed by atoms with van der Waals surface area (Å²) in [7, 11) is 0. The second-order valence-electron chi connectivity index (χ2n) is 5.38. The number of aromatic nitrogens is 1. The number of nitrogens with zero attached hydrogens (tertiary/aromatic N) is 3. The number of fused-ring (bicyclic) bond motifs is 1. The van der Waals surface area contributed by atoms with Gasteiger partial charge in [-0.2, -0.15) is 5.12 Å². The van der Waals surface area contributed by atoms with Crippen molar-refractivity contribution in [2.75, 3.05) is 12.0 Å². The van der Waals surface area contributed by atoms with Crippen LogP contribution in [0.15, 0.2) is 28.3 Å². The fraction of sp³-hybridized carbons (Fsp3) is 0.286. The SMILES string of the molecule is CSC1=CC(N)=NN(C2(N)C=Cc3nc(C)cc(N)c3C2)N1. The molecule has 2 aliphatic rings. The van der Waals surface area contributed by atoms with Gasteiger partial charge in [-0.3, -0.25) is 10.4 Å². The van der Waals surface area contributed by atoms with Gasteiger partial charge in [0.05, 0.1) is 10.7 Å². The van der Waals surface area contributed by atoms with Crippen molar-refractivity contribution in [2.24, 2.45) is 16.6 Å². The van der Waals surface area contributed by atoms with Crippen LogP contribution in [0.4, 0.5) is 5.69 Å². The number of rotatable bonds is 2. The molecular weight excluding hydrogens is 298 g/mol. The molecule has 0 bridgehead atoms. The first-order valence-corrected chi connectivity index (χ1v) is 8.04. The second kappa shape index (κ2) is 5.22. The summed E-state index contributed by atoms with van der Waals surface area (Å²) in [5.74, 6) is 0.405. The molecule has 1 aliphatic carbocycles. The van der Waals surface area contributed by atoms with Gasteiger partial charge in [-0.15, -0.1) is 16.9 Å². The first-order chi connectivity index (χ1) is 10.4. The number of thioether (sulfide) groups is 1. The van der Waals surface area contributed by atoms with Crippen LogP contribution >= 0.6 is 11.8 Å². The van der Waals surface area contributed by atoms with E-state index in [1.54, 1.807) is 11.2 Å². The van der Waals surface area contributed by atoms with E-state index >= 15 is 0 Å². The Labute approximate surface area is 133 Å². The summed E-state index contributed by atoms with van der Waals surface area (Å²) in [6, 6.07) is 1.85. The average molecular weight is 317 g/mol. The maximum Gasteiger partial charge on any atom is 0.151 e. The molecule has 0 amide bonds. The van der Waals surface area contributed by atoms with Crippen LogP contribution in [-0.4, -0.2) is 27.9 Å². The van der Waals surface area contributed by atoms with Crippen LogP contribution in [-0.2, 0) is 6.42 Å². The molecule has 1 atom stereocenters. The Bertz CT molecular complexity index is 709. The predicted molar refractivity (Wildman–Crippen MR) is 91.2 cm³/mol. The molecule has 0 saturated heterocycles. The van der Waals surface area contributed by atoms with Gasteiger partial charge in [-0.1, -0.05) is 0 Å². The Balaban J connectivity index is 1.95. The fourth-order valence-corrected chi connectivity index (χ4v) is 2.95. The maximum atomic E-state index is 6.53. The molecular formula is C14H19N7S. The largest absolute Gasteiger partial charge is 0.398 e. The summed E-state index contributed by atoms with van der Waals surface area (Å²) >= 11 is 1.54. The minimum Gasteiger partial charge on any atom is -0.398 e. The predicted octanol–water partition coefficient (Wildman–Crippen LogP) is 0.493. The Hall–Kier alpha value is -2.19. The lowest BCUT2D eigenvalue weighted by Gasteiger charge is -2.40. The molecule has 0 aromatic carbocycles. The number of hydrogen-bond donors (Lipinski definition) is 4. The zero-order chi connectivity index (χ0) is 15.9. The van der Waals surface area contributed by atoms with Crippen molar-refractivity contribution in [3.8, 4) is 0 Å². The van der Waals surface area contributed by atoms with Gasteiger partial charge in [0.2, 0.25) is 0 Å². The minimum absolute atomic E-state index is 0.405. The summed E-state index contributed by atoms with van der Waals surface area (Å²) in [5.41, 5.74) is 24.2. The minimum atomic E-state index is -0.863. The van der Waals surface area contributed by atoms with E-state index < -0.39 is 5.66 Å². The second-order valence-corrected chi connectivity index (χ2v) is 6.23. The van der Waals surface area contributed by atoms with Gasteiger partial charge < -0.3 is 17.2 Å². The standard InChI is InChI=1S/C14H19N7S/c1-8-5-10(15)9-7-14(17,4-3-11(9)18-8)21-19-12(16)6-13(20-21)22-2/h3-6,20H,7,17H2,1-2H3,(H2,15,18)(H2,16,19). The lowest BCUT2D eigenvalue weighted by molar-refractivity contribution is 0.0930. The highest BCUT2D eigenvalue weighted by Crippen LogP contribution is 2.31. The Kier molecular flexibility index (Phi) is 3.50. The Morgan fingerprint density at radius 2 is 2.18 bits per heavy atom. The number of aryl methyl sites for hydroxylation is 1. The molecule has 7 nitrogen and oxygen atoms in total. The molecule has 8 heteroatoms. The highest BCUT2D eigenvalue weighted by Gasteiger charge is 2.36. The smallest absolute Gasteiger partial charge is 0.151 e. The Morgan fingerprint density at radius 1 is 1.41 bits per heavy atom. The molecule has 3 rings (SSSR count). The van der Waals surface area contributed by atoms with Crippen LogP contribution in [0.1, 0.15) is 17.0 Å². The highest BCUT2D eigenvalue weighted by atomic mass is 32.2. The number of anilines is 1. The summed E-state index contributed by atoms with van der Waals surface area (Å²) in [5, 5.41) is 6.74. The monoisotopic (exact) mass is 317 g/mol. The zero-order valence-corrected chi connectivity index (χ0v) is 13.3. The van der Waals surface area contributed by atoms with Crippen molar-refractivity contribution in [1.29, 1.82) is 0 Å². The van der Waals surface area contributed by atoms with Crippen LogP contribution < -0.4 is 22.6 Å². The van der Waals surface area contributed by atoms with E-state index in [-0.39, 0.29) is 0 Å². The number of nitrogens with one attached hydrogen (secondary N) is 1. The molecule has 1 aromatic heterocycles. The Morgan fingerprint density at radius 3 is 2.91 bits per heavy atom. The van der Waals surface area contributed by atoms with E-state index in [2.05, 4.69) is 15.5 Å². The number of hydrazine groups is 1. The molecule has 7 N–H and O–H groups in total. The first-order valence-electron chi connectivity index (χ1n) is 6.82. The van der Waals surface area contributed by atoms with Crippen LogP contribution in [0.2, 0.25) is 0 Å². The topological polar surface area (TPSA) is 119 Å². The quantitative estimate of drug-likeness (QED) is 0.627. The number of hydrogen-bond acceptors (Lipinski definition) is 8. The third-order valence-electron chi connectivity index (χ3n) is 3.63. The first kappa shape index (κ1) is 14.7. The van der Waals surface area contributed by atoms with Crippen LogP contribution in [0.25, 0.3) is 6.08 Å². The summed E-state index contributed by atoms with van der Waals surface area (Å²) < 4.78 is 0. The van der Waals surface area contributed by atoms with Crippen molar-refractivity contribution in [3.63, 3.8) is 0 Å². The molecule has 1 unspecified atom stereocenters. The van der Waals surface area contributed by atoms with Crippen molar-refractivity contribution >= 4 is 29.4 Å². The van der Waals surface area contributed by atoms with E-state index in [1.807, 2.05) is 31.4 Å². The van der Waals surface area contributed by atoms with Crippen molar-refractivity contribution < 1.29 is 0 Å². The number of nitrogens with two attached hydrogens (primary N) is 3. The zero-order valence-electron chi connectivity index (χ0n) is 12.5. The van der Waals surface area contributed by atoms with Gasteiger partial charge >= 0.3 is 0 Å². The lowest BCUT2D eigenvalue weighted by atomic mass is 9.91. The highest BCUT2D eigenvalue weighted by molar-refractivity contribution is 8.02. The normalized spacial score (nSPS) is 23.5. The molecule has 0 fully saturated rings. The van der Waals surface area contributed by atoms with E-state index in [4.69, 9.17) is 17.2 Å². The fourth-order valence-electron chi connectivity index (χ4n) is 2.53. The van der Waals surface area contributed by atoms with Crippen LogP contribution in [0.5, 0.6) is 0 Å². The van der Waals surface area contributed by atoms with Crippen molar-refractivity contribution in [2.45, 2.75) is 19.0 Å². The van der Waals surface area contributed by atoms with E-state index in [0.29, 0.717) is 17.9 Å². The molecule has 22 heavy (non-hydrogen) atoms. The van der Waals surface area contributed by atoms with E-state index in [1.165, 1.54) is 11.8 Å².